The van der Waals surface area contributed by atoms with E-state index in [1.807, 2.05) is 50.2 Å². The third-order valence-corrected chi connectivity index (χ3v) is 6.04. The van der Waals surface area contributed by atoms with Gasteiger partial charge in [0, 0.05) is 12.2 Å². The maximum Gasteiger partial charge on any atom is 0.331 e. The summed E-state index contributed by atoms with van der Waals surface area (Å²) in [6.45, 7) is 5.01. The van der Waals surface area contributed by atoms with E-state index >= 15 is 0 Å². The molecule has 0 unspecified atom stereocenters. The lowest BCUT2D eigenvalue weighted by molar-refractivity contribution is 0.0948. The maximum absolute atomic E-state index is 13.4. The van der Waals surface area contributed by atoms with Crippen LogP contribution in [0.3, 0.4) is 0 Å². The van der Waals surface area contributed by atoms with Gasteiger partial charge in [-0.05, 0) is 51.0 Å². The summed E-state index contributed by atoms with van der Waals surface area (Å²) in [5.74, 6) is 1.16. The highest BCUT2D eigenvalue weighted by molar-refractivity contribution is 5.77. The predicted molar refractivity (Wildman–Crippen MR) is 122 cm³/mol. The van der Waals surface area contributed by atoms with E-state index in [4.69, 9.17) is 9.15 Å². The van der Waals surface area contributed by atoms with E-state index in [-0.39, 0.29) is 30.4 Å². The van der Waals surface area contributed by atoms with Gasteiger partial charge in [-0.3, -0.25) is 13.9 Å². The van der Waals surface area contributed by atoms with E-state index in [1.165, 1.54) is 4.57 Å². The quantitative estimate of drug-likeness (QED) is 0.482. The number of oxazole rings is 1. The third-order valence-electron chi connectivity index (χ3n) is 6.04. The first-order valence-electron chi connectivity index (χ1n) is 10.9. The molecule has 32 heavy (non-hydrogen) atoms. The van der Waals surface area contributed by atoms with Gasteiger partial charge in [-0.1, -0.05) is 29.8 Å². The highest BCUT2D eigenvalue weighted by Crippen LogP contribution is 2.23. The number of aromatic nitrogens is 3. The van der Waals surface area contributed by atoms with E-state index in [0.29, 0.717) is 34.9 Å². The van der Waals surface area contributed by atoms with Gasteiger partial charge in [-0.15, -0.1) is 0 Å². The molecular formula is C25H25N3O4. The van der Waals surface area contributed by atoms with Crippen molar-refractivity contribution in [2.24, 2.45) is 0 Å². The van der Waals surface area contributed by atoms with Crippen LogP contribution in [0.2, 0.25) is 0 Å². The van der Waals surface area contributed by atoms with Gasteiger partial charge in [-0.25, -0.2) is 9.78 Å². The third kappa shape index (κ3) is 3.69. The lowest BCUT2D eigenvalue weighted by atomic mass is 10.1. The molecule has 1 fully saturated rings. The highest BCUT2D eigenvalue weighted by atomic mass is 16.5. The number of fused-ring (bicyclic) bond motifs is 1. The summed E-state index contributed by atoms with van der Waals surface area (Å²) in [4.78, 5) is 31.2. The Kier molecular flexibility index (Phi) is 5.27. The summed E-state index contributed by atoms with van der Waals surface area (Å²) >= 11 is 0. The number of ether oxygens (including phenoxy) is 1. The Morgan fingerprint density at radius 3 is 2.56 bits per heavy atom. The van der Waals surface area contributed by atoms with Gasteiger partial charge >= 0.3 is 5.69 Å². The number of hydrogen-bond donors (Lipinski definition) is 0. The molecule has 0 amide bonds. The molecule has 5 rings (SSSR count). The average Bonchev–Trinajstić information content (AvgIpc) is 3.44. The zero-order valence-electron chi connectivity index (χ0n) is 18.2. The zero-order chi connectivity index (χ0) is 22.2. The van der Waals surface area contributed by atoms with Crippen molar-refractivity contribution in [3.05, 3.63) is 86.4 Å². The van der Waals surface area contributed by atoms with Crippen molar-refractivity contribution < 1.29 is 9.15 Å². The number of para-hydroxylation sites is 1. The first kappa shape index (κ1) is 20.5. The first-order valence-corrected chi connectivity index (χ1v) is 10.9. The Bertz CT molecular complexity index is 1390. The van der Waals surface area contributed by atoms with Gasteiger partial charge in [0.2, 0.25) is 5.89 Å². The summed E-state index contributed by atoms with van der Waals surface area (Å²) in [5, 5.41) is 0.505. The van der Waals surface area contributed by atoms with Gasteiger partial charge < -0.3 is 9.15 Å². The number of hydrogen-bond acceptors (Lipinski definition) is 5. The fourth-order valence-electron chi connectivity index (χ4n) is 4.22. The lowest BCUT2D eigenvalue weighted by Crippen LogP contribution is -2.42. The van der Waals surface area contributed by atoms with Crippen molar-refractivity contribution in [1.29, 1.82) is 0 Å². The van der Waals surface area contributed by atoms with Gasteiger partial charge in [0.25, 0.3) is 5.56 Å². The second kappa shape index (κ2) is 8.24. The van der Waals surface area contributed by atoms with E-state index in [2.05, 4.69) is 4.98 Å². The fourth-order valence-corrected chi connectivity index (χ4v) is 4.22. The Morgan fingerprint density at radius 1 is 1.03 bits per heavy atom. The first-order chi connectivity index (χ1) is 15.5. The Labute approximate surface area is 184 Å². The predicted octanol–water partition coefficient (Wildman–Crippen LogP) is 3.66. The van der Waals surface area contributed by atoms with E-state index in [1.54, 1.807) is 16.7 Å². The molecule has 4 aromatic rings. The van der Waals surface area contributed by atoms with Crippen molar-refractivity contribution in [3.8, 4) is 11.5 Å². The molecule has 3 heterocycles. The molecule has 2 aromatic carbocycles. The minimum Gasteiger partial charge on any atom is -0.441 e. The molecule has 0 bridgehead atoms. The second-order valence-corrected chi connectivity index (χ2v) is 8.32. The highest BCUT2D eigenvalue weighted by Gasteiger charge is 2.21. The van der Waals surface area contributed by atoms with Crippen molar-refractivity contribution in [1.82, 2.24) is 14.1 Å². The van der Waals surface area contributed by atoms with Crippen LogP contribution in [-0.2, 0) is 17.8 Å². The van der Waals surface area contributed by atoms with Crippen LogP contribution in [0.5, 0.6) is 0 Å². The molecular weight excluding hydrogens is 406 g/mol. The molecule has 1 aliphatic rings. The molecule has 1 atom stereocenters. The normalized spacial score (nSPS) is 16.1. The second-order valence-electron chi connectivity index (χ2n) is 8.32. The molecule has 7 nitrogen and oxygen atoms in total. The van der Waals surface area contributed by atoms with Crippen molar-refractivity contribution in [3.63, 3.8) is 0 Å². The Balaban J connectivity index is 1.59. The molecule has 0 aliphatic carbocycles. The zero-order valence-corrected chi connectivity index (χ0v) is 18.2. The largest absolute Gasteiger partial charge is 0.441 e. The van der Waals surface area contributed by atoms with Crippen LogP contribution in [0.25, 0.3) is 22.4 Å². The molecule has 0 spiro atoms. The molecule has 0 saturated carbocycles. The summed E-state index contributed by atoms with van der Waals surface area (Å²) in [5.41, 5.74) is 2.65. The molecule has 164 valence electrons. The smallest absolute Gasteiger partial charge is 0.331 e. The SMILES string of the molecule is Cc1ccc(-c2nc(Cn3c(=O)n(C[C@@H]4CCCO4)c(=O)c4ccccc43)c(C)o2)cc1. The van der Waals surface area contributed by atoms with Gasteiger partial charge in [0.15, 0.2) is 0 Å². The number of aryl methyl sites for hydroxylation is 2. The minimum atomic E-state index is -0.358. The molecule has 7 heteroatoms. The van der Waals surface area contributed by atoms with Crippen LogP contribution in [0, 0.1) is 13.8 Å². The van der Waals surface area contributed by atoms with Crippen LogP contribution in [0.4, 0.5) is 0 Å². The van der Waals surface area contributed by atoms with Crippen LogP contribution < -0.4 is 11.2 Å². The molecule has 0 N–H and O–H groups in total. The van der Waals surface area contributed by atoms with Crippen LogP contribution in [0.15, 0.2) is 62.5 Å². The number of benzene rings is 2. The lowest BCUT2D eigenvalue weighted by Gasteiger charge is -2.16. The Morgan fingerprint density at radius 2 is 1.81 bits per heavy atom. The summed E-state index contributed by atoms with van der Waals surface area (Å²) in [6, 6.07) is 15.1. The molecule has 1 saturated heterocycles. The average molecular weight is 431 g/mol. The van der Waals surface area contributed by atoms with E-state index in [9.17, 15) is 9.59 Å². The fraction of sp³-hybridized carbons (Fsp3) is 0.320. The number of nitrogens with zero attached hydrogens (tertiary/aromatic N) is 3. The molecule has 2 aromatic heterocycles. The number of rotatable bonds is 5. The van der Waals surface area contributed by atoms with Crippen LogP contribution in [-0.4, -0.2) is 26.8 Å². The van der Waals surface area contributed by atoms with E-state index < -0.39 is 0 Å². The van der Waals surface area contributed by atoms with Gasteiger partial charge in [0.1, 0.15) is 11.5 Å². The van der Waals surface area contributed by atoms with E-state index in [0.717, 1.165) is 24.0 Å². The monoisotopic (exact) mass is 431 g/mol. The summed E-state index contributed by atoms with van der Waals surface area (Å²) < 4.78 is 14.5. The van der Waals surface area contributed by atoms with Crippen molar-refractivity contribution in [2.45, 2.75) is 45.9 Å². The van der Waals surface area contributed by atoms with Crippen LogP contribution in [0.1, 0.15) is 29.9 Å². The van der Waals surface area contributed by atoms with Gasteiger partial charge in [-0.2, -0.15) is 0 Å². The Hall–Kier alpha value is -3.45. The van der Waals surface area contributed by atoms with Crippen molar-refractivity contribution >= 4 is 10.9 Å². The summed E-state index contributed by atoms with van der Waals surface area (Å²) in [6.07, 6.45) is 1.68. The topological polar surface area (TPSA) is 79.3 Å². The maximum atomic E-state index is 13.4. The molecule has 0 radical (unpaired) electrons. The minimum absolute atomic E-state index is 0.114. The van der Waals surface area contributed by atoms with Gasteiger partial charge in [0.05, 0.1) is 30.1 Å². The molecule has 1 aliphatic heterocycles. The summed E-state index contributed by atoms with van der Waals surface area (Å²) in [7, 11) is 0. The van der Waals surface area contributed by atoms with Crippen molar-refractivity contribution in [2.75, 3.05) is 6.61 Å². The van der Waals surface area contributed by atoms with Crippen LogP contribution >= 0.6 is 0 Å². The standard InChI is InChI=1S/C25H25N3O4/c1-16-9-11-18(12-10-16)23-26-21(17(2)32-23)15-27-22-8-4-3-7-20(22)24(29)28(25(27)30)14-19-6-5-13-31-19/h3-4,7-12,19H,5-6,13-15H2,1-2H3/t19-/m0/s1.